The number of amides is 1. The van der Waals surface area contributed by atoms with E-state index in [1.807, 2.05) is 18.2 Å². The van der Waals surface area contributed by atoms with Gasteiger partial charge in [-0.05, 0) is 52.2 Å². The number of aromatic nitrogens is 1. The largest absolute Gasteiger partial charge is 0.492 e. The van der Waals surface area contributed by atoms with Crippen molar-refractivity contribution in [3.05, 3.63) is 58.3 Å². The predicted octanol–water partition coefficient (Wildman–Crippen LogP) is 3.95. The molecule has 2 rings (SSSR count). The van der Waals surface area contributed by atoms with Gasteiger partial charge in [0.25, 0.3) is 5.91 Å². The molecule has 5 heteroatoms. The lowest BCUT2D eigenvalue weighted by molar-refractivity contribution is 0.0951. The lowest BCUT2D eigenvalue weighted by Gasteiger charge is -2.10. The molecular weight excluding hydrogens is 344 g/mol. The van der Waals surface area contributed by atoms with Crippen LogP contribution in [0, 0.1) is 0 Å². The van der Waals surface area contributed by atoms with E-state index in [2.05, 4.69) is 33.2 Å². The lowest BCUT2D eigenvalue weighted by Crippen LogP contribution is -2.22. The summed E-state index contributed by atoms with van der Waals surface area (Å²) in [5.74, 6) is 0.641. The molecule has 0 aliphatic rings. The molecular formula is C17H19BrN2O2. The van der Waals surface area contributed by atoms with E-state index in [0.717, 1.165) is 28.6 Å². The van der Waals surface area contributed by atoms with Crippen molar-refractivity contribution in [3.63, 3.8) is 0 Å². The zero-order chi connectivity index (χ0) is 15.8. The molecule has 1 heterocycles. The average molecular weight is 363 g/mol. The van der Waals surface area contributed by atoms with Crippen LogP contribution in [-0.4, -0.2) is 17.5 Å². The summed E-state index contributed by atoms with van der Waals surface area (Å²) in [5.41, 5.74) is 1.56. The van der Waals surface area contributed by atoms with Crippen molar-refractivity contribution in [2.24, 2.45) is 0 Å². The molecule has 2 aromatic rings. The third-order valence-corrected chi connectivity index (χ3v) is 3.75. The maximum absolute atomic E-state index is 12.1. The Bertz CT molecular complexity index is 617. The number of carbonyl (C=O) groups excluding carboxylic acids is 1. The van der Waals surface area contributed by atoms with Crippen molar-refractivity contribution in [3.8, 4) is 5.75 Å². The first kappa shape index (κ1) is 16.5. The fourth-order valence-electron chi connectivity index (χ4n) is 1.87. The number of nitrogens with zero attached hydrogens (tertiary/aromatic N) is 1. The fraction of sp³-hybridized carbons (Fsp3) is 0.294. The van der Waals surface area contributed by atoms with Crippen molar-refractivity contribution in [2.45, 2.75) is 26.3 Å². The fourth-order valence-corrected chi connectivity index (χ4v) is 2.37. The molecule has 0 aliphatic carbocycles. The van der Waals surface area contributed by atoms with Gasteiger partial charge in [0, 0.05) is 24.5 Å². The highest BCUT2D eigenvalue weighted by atomic mass is 79.9. The summed E-state index contributed by atoms with van der Waals surface area (Å²) in [4.78, 5) is 16.2. The van der Waals surface area contributed by atoms with Crippen LogP contribution in [0.25, 0.3) is 0 Å². The minimum Gasteiger partial charge on any atom is -0.492 e. The molecule has 0 radical (unpaired) electrons. The summed E-state index contributed by atoms with van der Waals surface area (Å²) in [5, 5.41) is 2.87. The summed E-state index contributed by atoms with van der Waals surface area (Å²) >= 11 is 3.45. The molecule has 0 atom stereocenters. The van der Waals surface area contributed by atoms with Gasteiger partial charge in [0.1, 0.15) is 5.75 Å². The van der Waals surface area contributed by atoms with Crippen LogP contribution in [0.3, 0.4) is 0 Å². The van der Waals surface area contributed by atoms with E-state index < -0.39 is 0 Å². The number of ether oxygens (including phenoxy) is 1. The Kier molecular flexibility index (Phi) is 6.40. The van der Waals surface area contributed by atoms with E-state index in [4.69, 9.17) is 4.74 Å². The Morgan fingerprint density at radius 2 is 2.23 bits per heavy atom. The predicted molar refractivity (Wildman–Crippen MR) is 90.0 cm³/mol. The van der Waals surface area contributed by atoms with Crippen LogP contribution in [0.4, 0.5) is 0 Å². The molecule has 1 aromatic heterocycles. The highest BCUT2D eigenvalue weighted by molar-refractivity contribution is 9.10. The Labute approximate surface area is 139 Å². The van der Waals surface area contributed by atoms with Crippen molar-refractivity contribution >= 4 is 21.8 Å². The molecule has 0 saturated heterocycles. The molecule has 0 fully saturated rings. The van der Waals surface area contributed by atoms with E-state index in [1.165, 1.54) is 0 Å². The van der Waals surface area contributed by atoms with Gasteiger partial charge in [0.15, 0.2) is 0 Å². The summed E-state index contributed by atoms with van der Waals surface area (Å²) in [6.07, 6.45) is 5.55. The first-order valence-corrected chi connectivity index (χ1v) is 8.09. The minimum absolute atomic E-state index is 0.121. The van der Waals surface area contributed by atoms with Crippen LogP contribution in [0.15, 0.2) is 47.2 Å². The number of unbranched alkanes of at least 4 members (excludes halogenated alkanes) is 1. The van der Waals surface area contributed by atoms with Crippen LogP contribution >= 0.6 is 15.9 Å². The van der Waals surface area contributed by atoms with Gasteiger partial charge in [-0.25, -0.2) is 0 Å². The first-order valence-electron chi connectivity index (χ1n) is 7.30. The van der Waals surface area contributed by atoms with Gasteiger partial charge in [0.2, 0.25) is 0 Å². The van der Waals surface area contributed by atoms with Gasteiger partial charge in [-0.1, -0.05) is 19.4 Å². The zero-order valence-corrected chi connectivity index (χ0v) is 14.1. The summed E-state index contributed by atoms with van der Waals surface area (Å²) in [7, 11) is 0. The topological polar surface area (TPSA) is 51.2 Å². The van der Waals surface area contributed by atoms with Crippen LogP contribution in [-0.2, 0) is 6.54 Å². The Morgan fingerprint density at radius 3 is 2.91 bits per heavy atom. The number of hydrogen-bond donors (Lipinski definition) is 1. The molecule has 0 saturated carbocycles. The minimum atomic E-state index is -0.121. The second-order valence-corrected chi connectivity index (χ2v) is 5.75. The second kappa shape index (κ2) is 8.54. The van der Waals surface area contributed by atoms with E-state index in [9.17, 15) is 4.79 Å². The normalized spacial score (nSPS) is 10.3. The third-order valence-electron chi connectivity index (χ3n) is 3.13. The van der Waals surface area contributed by atoms with Gasteiger partial charge < -0.3 is 10.1 Å². The second-order valence-electron chi connectivity index (χ2n) is 4.89. The van der Waals surface area contributed by atoms with Crippen molar-refractivity contribution < 1.29 is 9.53 Å². The number of hydrogen-bond acceptors (Lipinski definition) is 3. The average Bonchev–Trinajstić information content (AvgIpc) is 2.55. The molecule has 1 amide bonds. The van der Waals surface area contributed by atoms with Crippen molar-refractivity contribution in [1.29, 1.82) is 0 Å². The molecule has 4 nitrogen and oxygen atoms in total. The number of pyridine rings is 1. The molecule has 0 bridgehead atoms. The quantitative estimate of drug-likeness (QED) is 0.758. The van der Waals surface area contributed by atoms with Gasteiger partial charge in [-0.3, -0.25) is 9.78 Å². The SMILES string of the molecule is CCCCOc1ccc(C(=O)NCc2cccnc2)cc1Br. The zero-order valence-electron chi connectivity index (χ0n) is 12.5. The molecule has 116 valence electrons. The highest BCUT2D eigenvalue weighted by Gasteiger charge is 2.09. The van der Waals surface area contributed by atoms with Gasteiger partial charge in [-0.2, -0.15) is 0 Å². The summed E-state index contributed by atoms with van der Waals surface area (Å²) < 4.78 is 6.44. The third kappa shape index (κ3) is 4.84. The summed E-state index contributed by atoms with van der Waals surface area (Å²) in [6, 6.07) is 9.14. The monoisotopic (exact) mass is 362 g/mol. The van der Waals surface area contributed by atoms with Crippen LogP contribution in [0.1, 0.15) is 35.7 Å². The van der Waals surface area contributed by atoms with E-state index in [1.54, 1.807) is 24.5 Å². The maximum atomic E-state index is 12.1. The van der Waals surface area contributed by atoms with Crippen LogP contribution in [0.2, 0.25) is 0 Å². The Hall–Kier alpha value is -1.88. The molecule has 1 N–H and O–H groups in total. The van der Waals surface area contributed by atoms with Crippen LogP contribution in [0.5, 0.6) is 5.75 Å². The standard InChI is InChI=1S/C17H19BrN2O2/c1-2-3-9-22-16-7-6-14(10-15(16)18)17(21)20-12-13-5-4-8-19-11-13/h4-8,10-11H,2-3,9,12H2,1H3,(H,20,21). The van der Waals surface area contributed by atoms with Gasteiger partial charge in [-0.15, -0.1) is 0 Å². The molecule has 0 aliphatic heterocycles. The number of halogens is 1. The van der Waals surface area contributed by atoms with E-state index in [0.29, 0.717) is 18.7 Å². The van der Waals surface area contributed by atoms with Gasteiger partial charge in [0.05, 0.1) is 11.1 Å². The van der Waals surface area contributed by atoms with Crippen LogP contribution < -0.4 is 10.1 Å². The maximum Gasteiger partial charge on any atom is 0.251 e. The van der Waals surface area contributed by atoms with E-state index >= 15 is 0 Å². The van der Waals surface area contributed by atoms with Crippen molar-refractivity contribution in [1.82, 2.24) is 10.3 Å². The number of nitrogens with one attached hydrogen (secondary N) is 1. The molecule has 0 unspecified atom stereocenters. The highest BCUT2D eigenvalue weighted by Crippen LogP contribution is 2.26. The Balaban J connectivity index is 1.94. The van der Waals surface area contributed by atoms with E-state index in [-0.39, 0.29) is 5.91 Å². The smallest absolute Gasteiger partial charge is 0.251 e. The molecule has 0 spiro atoms. The number of rotatable bonds is 7. The first-order chi connectivity index (χ1) is 10.7. The Morgan fingerprint density at radius 1 is 1.36 bits per heavy atom. The number of carbonyl (C=O) groups is 1. The molecule has 1 aromatic carbocycles. The summed E-state index contributed by atoms with van der Waals surface area (Å²) in [6.45, 7) is 3.26. The lowest BCUT2D eigenvalue weighted by atomic mass is 10.2. The molecule has 22 heavy (non-hydrogen) atoms. The number of benzene rings is 1. The van der Waals surface area contributed by atoms with Crippen molar-refractivity contribution in [2.75, 3.05) is 6.61 Å². The van der Waals surface area contributed by atoms with Gasteiger partial charge >= 0.3 is 0 Å².